The Morgan fingerprint density at radius 1 is 1.35 bits per heavy atom. The maximum atomic E-state index is 12.2. The molecule has 1 aliphatic carbocycles. The molecule has 1 aromatic rings. The molecule has 1 amide bonds. The summed E-state index contributed by atoms with van der Waals surface area (Å²) >= 11 is 0. The van der Waals surface area contributed by atoms with E-state index in [1.807, 2.05) is 6.07 Å². The van der Waals surface area contributed by atoms with Gasteiger partial charge in [0.05, 0.1) is 6.42 Å². The van der Waals surface area contributed by atoms with E-state index >= 15 is 0 Å². The Hall–Kier alpha value is -1.51. The van der Waals surface area contributed by atoms with Crippen molar-refractivity contribution in [1.29, 1.82) is 0 Å². The standard InChI is InChI=1S/C17H25NO2/c1-12(2)15-8-3-4-9-16(15)18-17(20)11-13-6-5-7-14(19)10-13/h5-7,10,12,15-16,19H,3-4,8-9,11H2,1-2H3,(H,18,20). The molecule has 110 valence electrons. The maximum Gasteiger partial charge on any atom is 0.224 e. The summed E-state index contributed by atoms with van der Waals surface area (Å²) in [7, 11) is 0. The lowest BCUT2D eigenvalue weighted by Gasteiger charge is -2.35. The fraction of sp³-hybridized carbons (Fsp3) is 0.588. The van der Waals surface area contributed by atoms with Gasteiger partial charge in [-0.15, -0.1) is 0 Å². The van der Waals surface area contributed by atoms with E-state index in [1.54, 1.807) is 18.2 Å². The fourth-order valence-electron chi connectivity index (χ4n) is 3.25. The molecule has 1 aromatic carbocycles. The molecule has 1 fully saturated rings. The van der Waals surface area contributed by atoms with Gasteiger partial charge in [-0.2, -0.15) is 0 Å². The molecular weight excluding hydrogens is 250 g/mol. The lowest BCUT2D eigenvalue weighted by atomic mass is 9.78. The van der Waals surface area contributed by atoms with Crippen molar-refractivity contribution in [3.63, 3.8) is 0 Å². The Balaban J connectivity index is 1.93. The summed E-state index contributed by atoms with van der Waals surface area (Å²) < 4.78 is 0. The Bertz CT molecular complexity index is 456. The van der Waals surface area contributed by atoms with Gasteiger partial charge in [-0.25, -0.2) is 0 Å². The summed E-state index contributed by atoms with van der Waals surface area (Å²) in [5, 5.41) is 12.6. The van der Waals surface area contributed by atoms with E-state index in [4.69, 9.17) is 0 Å². The van der Waals surface area contributed by atoms with Crippen LogP contribution >= 0.6 is 0 Å². The van der Waals surface area contributed by atoms with Gasteiger partial charge in [0.1, 0.15) is 5.75 Å². The predicted octanol–water partition coefficient (Wildman–Crippen LogP) is 3.27. The van der Waals surface area contributed by atoms with Crippen LogP contribution in [0.3, 0.4) is 0 Å². The van der Waals surface area contributed by atoms with Crippen LogP contribution in [0.4, 0.5) is 0 Å². The van der Waals surface area contributed by atoms with Crippen molar-refractivity contribution in [2.45, 2.75) is 52.0 Å². The average molecular weight is 275 g/mol. The molecule has 2 unspecified atom stereocenters. The minimum Gasteiger partial charge on any atom is -0.508 e. The van der Waals surface area contributed by atoms with Crippen molar-refractivity contribution in [3.8, 4) is 5.75 Å². The van der Waals surface area contributed by atoms with Gasteiger partial charge in [0.2, 0.25) is 5.91 Å². The van der Waals surface area contributed by atoms with E-state index in [0.29, 0.717) is 24.3 Å². The van der Waals surface area contributed by atoms with Gasteiger partial charge < -0.3 is 10.4 Å². The van der Waals surface area contributed by atoms with Gasteiger partial charge in [0.15, 0.2) is 0 Å². The topological polar surface area (TPSA) is 49.3 Å². The Morgan fingerprint density at radius 2 is 2.10 bits per heavy atom. The number of nitrogens with one attached hydrogen (secondary N) is 1. The fourth-order valence-corrected chi connectivity index (χ4v) is 3.25. The molecule has 0 spiro atoms. The molecule has 0 bridgehead atoms. The highest BCUT2D eigenvalue weighted by Gasteiger charge is 2.28. The lowest BCUT2D eigenvalue weighted by Crippen LogP contribution is -2.44. The molecule has 0 aliphatic heterocycles. The van der Waals surface area contributed by atoms with E-state index in [0.717, 1.165) is 12.0 Å². The molecule has 3 nitrogen and oxygen atoms in total. The van der Waals surface area contributed by atoms with Crippen molar-refractivity contribution in [1.82, 2.24) is 5.32 Å². The zero-order chi connectivity index (χ0) is 14.5. The van der Waals surface area contributed by atoms with Crippen LogP contribution in [0, 0.1) is 11.8 Å². The monoisotopic (exact) mass is 275 g/mol. The molecule has 0 heterocycles. The quantitative estimate of drug-likeness (QED) is 0.886. The van der Waals surface area contributed by atoms with E-state index < -0.39 is 0 Å². The molecular formula is C17H25NO2. The second-order valence-corrected chi connectivity index (χ2v) is 6.21. The molecule has 2 atom stereocenters. The third-order valence-corrected chi connectivity index (χ3v) is 4.30. The number of aromatic hydroxyl groups is 1. The Labute approximate surface area is 121 Å². The molecule has 2 rings (SSSR count). The van der Waals surface area contributed by atoms with Crippen LogP contribution in [0.25, 0.3) is 0 Å². The van der Waals surface area contributed by atoms with Gasteiger partial charge in [0, 0.05) is 6.04 Å². The zero-order valence-corrected chi connectivity index (χ0v) is 12.4. The van der Waals surface area contributed by atoms with Gasteiger partial charge >= 0.3 is 0 Å². The van der Waals surface area contributed by atoms with Crippen LogP contribution in [0.5, 0.6) is 5.75 Å². The van der Waals surface area contributed by atoms with Gasteiger partial charge in [-0.1, -0.05) is 38.8 Å². The van der Waals surface area contributed by atoms with Crippen molar-refractivity contribution in [3.05, 3.63) is 29.8 Å². The Kier molecular flexibility index (Phi) is 5.05. The number of carbonyl (C=O) groups excluding carboxylic acids is 1. The highest BCUT2D eigenvalue weighted by Crippen LogP contribution is 2.30. The summed E-state index contributed by atoms with van der Waals surface area (Å²) in [5.74, 6) is 1.49. The van der Waals surface area contributed by atoms with Crippen molar-refractivity contribution in [2.75, 3.05) is 0 Å². The van der Waals surface area contributed by atoms with Crippen LogP contribution in [0.1, 0.15) is 45.1 Å². The highest BCUT2D eigenvalue weighted by molar-refractivity contribution is 5.79. The largest absolute Gasteiger partial charge is 0.508 e. The molecule has 0 aromatic heterocycles. The first-order chi connectivity index (χ1) is 9.56. The number of hydrogen-bond donors (Lipinski definition) is 2. The van der Waals surface area contributed by atoms with Crippen molar-refractivity contribution in [2.24, 2.45) is 11.8 Å². The van der Waals surface area contributed by atoms with E-state index in [-0.39, 0.29) is 11.7 Å². The first-order valence-electron chi connectivity index (χ1n) is 7.63. The highest BCUT2D eigenvalue weighted by atomic mass is 16.3. The smallest absolute Gasteiger partial charge is 0.224 e. The zero-order valence-electron chi connectivity index (χ0n) is 12.4. The van der Waals surface area contributed by atoms with Gasteiger partial charge in [-0.05, 0) is 42.4 Å². The Morgan fingerprint density at radius 3 is 2.80 bits per heavy atom. The number of phenolic OH excluding ortho intramolecular Hbond substituents is 1. The number of benzene rings is 1. The van der Waals surface area contributed by atoms with Crippen LogP contribution in [-0.4, -0.2) is 17.1 Å². The van der Waals surface area contributed by atoms with Crippen molar-refractivity contribution >= 4 is 5.91 Å². The molecule has 20 heavy (non-hydrogen) atoms. The van der Waals surface area contributed by atoms with E-state index in [2.05, 4.69) is 19.2 Å². The summed E-state index contributed by atoms with van der Waals surface area (Å²) in [5.41, 5.74) is 0.861. The number of hydrogen-bond acceptors (Lipinski definition) is 2. The second-order valence-electron chi connectivity index (χ2n) is 6.21. The number of amides is 1. The number of phenols is 1. The minimum atomic E-state index is 0.0631. The molecule has 0 radical (unpaired) electrons. The van der Waals surface area contributed by atoms with Gasteiger partial charge in [0.25, 0.3) is 0 Å². The maximum absolute atomic E-state index is 12.2. The summed E-state index contributed by atoms with van der Waals surface area (Å²) in [4.78, 5) is 12.2. The van der Waals surface area contributed by atoms with Crippen LogP contribution in [-0.2, 0) is 11.2 Å². The number of carbonyl (C=O) groups is 1. The molecule has 3 heteroatoms. The lowest BCUT2D eigenvalue weighted by molar-refractivity contribution is -0.121. The summed E-state index contributed by atoms with van der Waals surface area (Å²) in [6.45, 7) is 4.48. The normalized spacial score (nSPS) is 22.8. The van der Waals surface area contributed by atoms with Crippen LogP contribution < -0.4 is 5.32 Å². The minimum absolute atomic E-state index is 0.0631. The first-order valence-corrected chi connectivity index (χ1v) is 7.63. The number of rotatable bonds is 4. The van der Waals surface area contributed by atoms with E-state index in [1.165, 1.54) is 19.3 Å². The summed E-state index contributed by atoms with van der Waals surface area (Å²) in [6, 6.07) is 7.24. The SMILES string of the molecule is CC(C)C1CCCCC1NC(=O)Cc1cccc(O)c1. The third-order valence-electron chi connectivity index (χ3n) is 4.30. The molecule has 2 N–H and O–H groups in total. The van der Waals surface area contributed by atoms with Gasteiger partial charge in [-0.3, -0.25) is 4.79 Å². The van der Waals surface area contributed by atoms with Crippen molar-refractivity contribution < 1.29 is 9.90 Å². The van der Waals surface area contributed by atoms with Crippen LogP contribution in [0.2, 0.25) is 0 Å². The predicted molar refractivity (Wildman–Crippen MR) is 80.5 cm³/mol. The van der Waals surface area contributed by atoms with E-state index in [9.17, 15) is 9.90 Å². The third kappa shape index (κ3) is 3.99. The first kappa shape index (κ1) is 14.9. The molecule has 1 aliphatic rings. The van der Waals surface area contributed by atoms with Crippen LogP contribution in [0.15, 0.2) is 24.3 Å². The second kappa shape index (κ2) is 6.78. The average Bonchev–Trinajstić information content (AvgIpc) is 2.38. The molecule has 0 saturated heterocycles. The summed E-state index contributed by atoms with van der Waals surface area (Å²) in [6.07, 6.45) is 5.14. The molecule has 1 saturated carbocycles.